The molecule has 1 N–H and O–H groups in total. The lowest BCUT2D eigenvalue weighted by Crippen LogP contribution is -2.52. The predicted octanol–water partition coefficient (Wildman–Crippen LogP) is 3.44. The molecule has 1 aromatic carbocycles. The van der Waals surface area contributed by atoms with Crippen LogP contribution in [0.3, 0.4) is 0 Å². The van der Waals surface area contributed by atoms with Gasteiger partial charge in [0, 0.05) is 31.7 Å². The summed E-state index contributed by atoms with van der Waals surface area (Å²) in [5.74, 6) is -1.13. The van der Waals surface area contributed by atoms with Crippen molar-refractivity contribution in [3.63, 3.8) is 0 Å². The Labute approximate surface area is 180 Å². The van der Waals surface area contributed by atoms with Gasteiger partial charge in [0.2, 0.25) is 0 Å². The van der Waals surface area contributed by atoms with E-state index in [4.69, 9.17) is 9.47 Å². The van der Waals surface area contributed by atoms with Crippen LogP contribution in [0.5, 0.6) is 0 Å². The number of fused-ring (bicyclic) bond motifs is 1. The van der Waals surface area contributed by atoms with Gasteiger partial charge < -0.3 is 19.4 Å². The third kappa shape index (κ3) is 4.72. The summed E-state index contributed by atoms with van der Waals surface area (Å²) in [7, 11) is 1.96. The average Bonchev–Trinajstić information content (AvgIpc) is 3.24. The van der Waals surface area contributed by atoms with Gasteiger partial charge in [0.25, 0.3) is 0 Å². The largest absolute Gasteiger partial charge is 0.444 e. The van der Waals surface area contributed by atoms with Gasteiger partial charge in [-0.15, -0.1) is 0 Å². The van der Waals surface area contributed by atoms with Gasteiger partial charge in [-0.05, 0) is 45.4 Å². The Morgan fingerprint density at radius 2 is 2.06 bits per heavy atom. The molecule has 2 aliphatic rings. The van der Waals surface area contributed by atoms with Crippen LogP contribution in [0.4, 0.5) is 13.6 Å². The zero-order chi connectivity index (χ0) is 22.3. The number of aromatic nitrogens is 2. The number of amides is 1. The monoisotopic (exact) mass is 434 g/mol. The zero-order valence-corrected chi connectivity index (χ0v) is 18.2. The normalized spacial score (nSPS) is 24.1. The first-order chi connectivity index (χ1) is 14.6. The van der Waals surface area contributed by atoms with Crippen molar-refractivity contribution in [2.24, 2.45) is 7.05 Å². The predicted molar refractivity (Wildman–Crippen MR) is 109 cm³/mol. The Morgan fingerprint density at radius 3 is 2.77 bits per heavy atom. The first-order valence-corrected chi connectivity index (χ1v) is 10.4. The molecule has 1 aromatic heterocycles. The summed E-state index contributed by atoms with van der Waals surface area (Å²) in [6.07, 6.45) is 0.876. The zero-order valence-electron chi connectivity index (χ0n) is 18.2. The van der Waals surface area contributed by atoms with E-state index in [0.29, 0.717) is 19.6 Å². The van der Waals surface area contributed by atoms with Crippen molar-refractivity contribution < 1.29 is 23.0 Å². The Hall–Kier alpha value is -2.52. The van der Waals surface area contributed by atoms with E-state index in [-0.39, 0.29) is 11.6 Å². The number of imidazole rings is 1. The highest BCUT2D eigenvalue weighted by Crippen LogP contribution is 2.35. The first kappa shape index (κ1) is 21.7. The minimum Gasteiger partial charge on any atom is -0.444 e. The molecule has 0 spiro atoms. The molecule has 0 saturated carbocycles. The summed E-state index contributed by atoms with van der Waals surface area (Å²) in [6.45, 7) is 7.04. The molecule has 0 radical (unpaired) electrons. The van der Waals surface area contributed by atoms with Gasteiger partial charge in [-0.1, -0.05) is 0 Å². The van der Waals surface area contributed by atoms with Gasteiger partial charge in [-0.3, -0.25) is 4.90 Å². The Balaban J connectivity index is 1.54. The molecule has 1 amide bonds. The van der Waals surface area contributed by atoms with Crippen molar-refractivity contribution >= 4 is 6.09 Å². The lowest BCUT2D eigenvalue weighted by atomic mass is 9.92. The Kier molecular flexibility index (Phi) is 5.74. The molecule has 4 rings (SSSR count). The van der Waals surface area contributed by atoms with Crippen molar-refractivity contribution in [2.45, 2.75) is 64.1 Å². The number of nitrogens with zero attached hydrogens (tertiary/aromatic N) is 3. The second-order valence-electron chi connectivity index (χ2n) is 9.22. The van der Waals surface area contributed by atoms with Crippen LogP contribution >= 0.6 is 0 Å². The van der Waals surface area contributed by atoms with Crippen LogP contribution in [-0.4, -0.2) is 44.8 Å². The molecule has 3 heterocycles. The van der Waals surface area contributed by atoms with Crippen molar-refractivity contribution in [3.8, 4) is 0 Å². The highest BCUT2D eigenvalue weighted by atomic mass is 19.1. The maximum absolute atomic E-state index is 14.5. The highest BCUT2D eigenvalue weighted by molar-refractivity contribution is 5.68. The van der Waals surface area contributed by atoms with Crippen molar-refractivity contribution in [1.82, 2.24) is 19.8 Å². The second-order valence-corrected chi connectivity index (χ2v) is 9.22. The van der Waals surface area contributed by atoms with Crippen molar-refractivity contribution in [1.29, 1.82) is 0 Å². The number of carbonyl (C=O) groups is 1. The van der Waals surface area contributed by atoms with Crippen molar-refractivity contribution in [2.75, 3.05) is 6.61 Å². The molecule has 1 fully saturated rings. The number of nitrogens with one attached hydrogen (secondary N) is 1. The van der Waals surface area contributed by atoms with Crippen molar-refractivity contribution in [3.05, 3.63) is 53.1 Å². The fraction of sp³-hybridized carbons (Fsp3) is 0.545. The van der Waals surface area contributed by atoms with Crippen LogP contribution in [0.1, 0.15) is 50.2 Å². The van der Waals surface area contributed by atoms with Gasteiger partial charge in [0.05, 0.1) is 30.4 Å². The summed E-state index contributed by atoms with van der Waals surface area (Å²) in [4.78, 5) is 19.1. The standard InChI is InChI=1S/C22H28F2N4O3/c1-22(2,3)31-21(29)26-17-8-14(28-9-18-19(10-28)27(4)12-25-18)11-30-20(17)15-7-13(23)5-6-16(15)24/h5-7,12,14,17,20H,8-11H2,1-4H3,(H,26,29)/t14-,17+,20-/m1/s1. The number of hydrogen-bond donors (Lipinski definition) is 1. The van der Waals surface area contributed by atoms with Crippen LogP contribution in [0.15, 0.2) is 24.5 Å². The number of halogens is 2. The molecule has 0 bridgehead atoms. The van der Waals surface area contributed by atoms with Gasteiger partial charge in [-0.2, -0.15) is 0 Å². The Morgan fingerprint density at radius 1 is 1.29 bits per heavy atom. The highest BCUT2D eigenvalue weighted by Gasteiger charge is 2.40. The van der Waals surface area contributed by atoms with Crippen LogP contribution in [0.2, 0.25) is 0 Å². The molecule has 0 unspecified atom stereocenters. The van der Waals surface area contributed by atoms with Gasteiger partial charge in [0.1, 0.15) is 23.3 Å². The molecule has 2 aliphatic heterocycles. The fourth-order valence-electron chi connectivity index (χ4n) is 4.24. The van der Waals surface area contributed by atoms with Crippen LogP contribution in [0, 0.1) is 11.6 Å². The molecule has 3 atom stereocenters. The van der Waals surface area contributed by atoms with E-state index in [1.165, 1.54) is 0 Å². The third-order valence-corrected chi connectivity index (χ3v) is 5.69. The number of ether oxygens (including phenoxy) is 2. The van der Waals surface area contributed by atoms with Gasteiger partial charge in [-0.25, -0.2) is 18.6 Å². The molecular formula is C22H28F2N4O3. The fourth-order valence-corrected chi connectivity index (χ4v) is 4.24. The quantitative estimate of drug-likeness (QED) is 0.802. The lowest BCUT2D eigenvalue weighted by molar-refractivity contribution is -0.0630. The van der Waals surface area contributed by atoms with E-state index in [2.05, 4.69) is 15.2 Å². The second kappa shape index (κ2) is 8.20. The number of hydrogen-bond acceptors (Lipinski definition) is 5. The van der Waals surface area contributed by atoms with Gasteiger partial charge >= 0.3 is 6.09 Å². The molecular weight excluding hydrogens is 406 g/mol. The summed E-state index contributed by atoms with van der Waals surface area (Å²) in [5, 5.41) is 2.83. The number of carbonyl (C=O) groups excluding carboxylic acids is 1. The van der Waals surface area contributed by atoms with E-state index in [9.17, 15) is 13.6 Å². The minimum absolute atomic E-state index is 0.0120. The number of benzene rings is 1. The van der Waals surface area contributed by atoms with Crippen LogP contribution < -0.4 is 5.32 Å². The lowest BCUT2D eigenvalue weighted by Gasteiger charge is -2.40. The maximum Gasteiger partial charge on any atom is 0.407 e. The van der Waals surface area contributed by atoms with Gasteiger partial charge in [0.15, 0.2) is 0 Å². The SMILES string of the molecule is Cn1cnc2c1CN([C@H]1CO[C@H](c3cc(F)ccc3F)[C@@H](NC(=O)OC(C)(C)C)C1)C2. The Bertz CT molecular complexity index is 972. The maximum atomic E-state index is 14.5. The minimum atomic E-state index is -0.817. The molecule has 2 aromatic rings. The summed E-state index contributed by atoms with van der Waals surface area (Å²) in [6, 6.07) is 2.67. The number of alkyl carbamates (subject to hydrolysis) is 1. The van der Waals surface area contributed by atoms with E-state index < -0.39 is 35.5 Å². The summed E-state index contributed by atoms with van der Waals surface area (Å²) >= 11 is 0. The first-order valence-electron chi connectivity index (χ1n) is 10.4. The van der Waals surface area contributed by atoms with E-state index >= 15 is 0 Å². The third-order valence-electron chi connectivity index (χ3n) is 5.69. The molecule has 0 aliphatic carbocycles. The molecule has 1 saturated heterocycles. The molecule has 9 heteroatoms. The van der Waals surface area contributed by atoms with E-state index in [0.717, 1.165) is 36.1 Å². The molecule has 168 valence electrons. The number of rotatable bonds is 3. The van der Waals surface area contributed by atoms with E-state index in [1.54, 1.807) is 27.1 Å². The van der Waals surface area contributed by atoms with E-state index in [1.807, 2.05) is 11.6 Å². The van der Waals surface area contributed by atoms with Crippen LogP contribution in [-0.2, 0) is 29.6 Å². The smallest absolute Gasteiger partial charge is 0.407 e. The van der Waals surface area contributed by atoms with Crippen LogP contribution in [0.25, 0.3) is 0 Å². The topological polar surface area (TPSA) is 68.6 Å². The number of aryl methyl sites for hydroxylation is 1. The molecule has 7 nitrogen and oxygen atoms in total. The average molecular weight is 434 g/mol. The summed E-state index contributed by atoms with van der Waals surface area (Å²) in [5.41, 5.74) is 1.58. The summed E-state index contributed by atoms with van der Waals surface area (Å²) < 4.78 is 41.8. The molecule has 31 heavy (non-hydrogen) atoms.